The van der Waals surface area contributed by atoms with Crippen LogP contribution in [0.4, 0.5) is 16.2 Å². The van der Waals surface area contributed by atoms with Crippen LogP contribution in [0.2, 0.25) is 0 Å². The largest absolute Gasteiger partial charge is 0.480 e. The minimum atomic E-state index is -1.06. The average Bonchev–Trinajstić information content (AvgIpc) is 2.27. The normalized spacial score (nSPS) is 10.9. The molecule has 6 heteroatoms. The molecular weight excluding hydrogens is 246 g/mol. The van der Waals surface area contributed by atoms with Crippen LogP contribution < -0.4 is 11.1 Å². The Kier molecular flexibility index (Phi) is 4.37. The minimum Gasteiger partial charge on any atom is -0.480 e. The number of para-hydroxylation sites is 2. The highest BCUT2D eigenvalue weighted by Gasteiger charge is 2.28. The summed E-state index contributed by atoms with van der Waals surface area (Å²) in [5.41, 5.74) is 6.02. The van der Waals surface area contributed by atoms with Crippen LogP contribution in [0.5, 0.6) is 0 Å². The highest BCUT2D eigenvalue weighted by Crippen LogP contribution is 2.20. The second-order valence-corrected chi connectivity index (χ2v) is 5.17. The number of carboxylic acids is 1. The van der Waals surface area contributed by atoms with Crippen molar-refractivity contribution in [2.75, 3.05) is 17.6 Å². The third-order valence-electron chi connectivity index (χ3n) is 2.55. The summed E-state index contributed by atoms with van der Waals surface area (Å²) in [4.78, 5) is 24.2. The Labute approximate surface area is 112 Å². The van der Waals surface area contributed by atoms with E-state index in [0.717, 1.165) is 0 Å². The summed E-state index contributed by atoms with van der Waals surface area (Å²) in [7, 11) is 0. The number of nitrogens with two attached hydrogens (primary N) is 1. The lowest BCUT2D eigenvalue weighted by Gasteiger charge is -2.34. The van der Waals surface area contributed by atoms with E-state index < -0.39 is 17.5 Å². The Morgan fingerprint density at radius 2 is 1.89 bits per heavy atom. The molecule has 0 aliphatic rings. The molecule has 0 saturated carbocycles. The molecule has 19 heavy (non-hydrogen) atoms. The molecule has 104 valence electrons. The van der Waals surface area contributed by atoms with Crippen molar-refractivity contribution < 1.29 is 14.7 Å². The van der Waals surface area contributed by atoms with E-state index in [-0.39, 0.29) is 6.54 Å². The van der Waals surface area contributed by atoms with Crippen molar-refractivity contribution in [2.45, 2.75) is 26.3 Å². The SMILES string of the molecule is CC(C)(C)N(CC(=O)O)C(=O)Nc1ccccc1N. The van der Waals surface area contributed by atoms with Crippen LogP contribution in [-0.2, 0) is 4.79 Å². The first-order chi connectivity index (χ1) is 8.71. The van der Waals surface area contributed by atoms with E-state index >= 15 is 0 Å². The van der Waals surface area contributed by atoms with E-state index in [4.69, 9.17) is 10.8 Å². The Bertz CT molecular complexity index is 480. The molecule has 0 bridgehead atoms. The molecule has 2 amide bonds. The van der Waals surface area contributed by atoms with Gasteiger partial charge in [-0.15, -0.1) is 0 Å². The van der Waals surface area contributed by atoms with Crippen LogP contribution in [0.3, 0.4) is 0 Å². The number of anilines is 2. The summed E-state index contributed by atoms with van der Waals surface area (Å²) >= 11 is 0. The van der Waals surface area contributed by atoms with E-state index in [0.29, 0.717) is 11.4 Å². The van der Waals surface area contributed by atoms with Crippen molar-refractivity contribution in [3.05, 3.63) is 24.3 Å². The summed E-state index contributed by atoms with van der Waals surface area (Å²) in [5, 5.41) is 11.5. The molecule has 4 N–H and O–H groups in total. The number of carboxylic acid groups (broad SMARTS) is 1. The Morgan fingerprint density at radius 3 is 2.37 bits per heavy atom. The third kappa shape index (κ3) is 4.17. The van der Waals surface area contributed by atoms with E-state index in [1.807, 2.05) is 0 Å². The zero-order chi connectivity index (χ0) is 14.6. The van der Waals surface area contributed by atoms with E-state index in [2.05, 4.69) is 5.32 Å². The maximum atomic E-state index is 12.1. The monoisotopic (exact) mass is 265 g/mol. The van der Waals surface area contributed by atoms with Crippen molar-refractivity contribution in [1.82, 2.24) is 4.90 Å². The molecule has 0 unspecified atom stereocenters. The summed E-state index contributed by atoms with van der Waals surface area (Å²) in [6, 6.07) is 6.32. The molecule has 1 aromatic carbocycles. The van der Waals surface area contributed by atoms with Crippen molar-refractivity contribution >= 4 is 23.4 Å². The van der Waals surface area contributed by atoms with Gasteiger partial charge in [-0.25, -0.2) is 4.79 Å². The number of nitrogens with zero attached hydrogens (tertiary/aromatic N) is 1. The number of aliphatic carboxylic acids is 1. The number of nitrogens with one attached hydrogen (secondary N) is 1. The molecule has 0 heterocycles. The molecule has 0 saturated heterocycles. The van der Waals surface area contributed by atoms with E-state index in [1.165, 1.54) is 4.90 Å². The van der Waals surface area contributed by atoms with Crippen molar-refractivity contribution in [1.29, 1.82) is 0 Å². The lowest BCUT2D eigenvalue weighted by molar-refractivity contribution is -0.138. The van der Waals surface area contributed by atoms with Crippen molar-refractivity contribution in [3.8, 4) is 0 Å². The van der Waals surface area contributed by atoms with Crippen LogP contribution in [0.25, 0.3) is 0 Å². The smallest absolute Gasteiger partial charge is 0.323 e. The van der Waals surface area contributed by atoms with Crippen LogP contribution >= 0.6 is 0 Å². The number of nitrogen functional groups attached to an aromatic ring is 1. The molecule has 1 aromatic rings. The number of hydrogen-bond acceptors (Lipinski definition) is 3. The molecule has 0 radical (unpaired) electrons. The minimum absolute atomic E-state index is 0.373. The maximum absolute atomic E-state index is 12.1. The van der Waals surface area contributed by atoms with Crippen molar-refractivity contribution in [3.63, 3.8) is 0 Å². The predicted molar refractivity (Wildman–Crippen MR) is 74.0 cm³/mol. The van der Waals surface area contributed by atoms with Crippen molar-refractivity contribution in [2.24, 2.45) is 0 Å². The average molecular weight is 265 g/mol. The summed E-state index contributed by atoms with van der Waals surface area (Å²) < 4.78 is 0. The van der Waals surface area contributed by atoms with Crippen LogP contribution in [0.1, 0.15) is 20.8 Å². The third-order valence-corrected chi connectivity index (χ3v) is 2.55. The maximum Gasteiger partial charge on any atom is 0.323 e. The lowest BCUT2D eigenvalue weighted by atomic mass is 10.1. The standard InChI is InChI=1S/C13H19N3O3/c1-13(2,3)16(8-11(17)18)12(19)15-10-7-5-4-6-9(10)14/h4-7H,8,14H2,1-3H3,(H,15,19)(H,17,18). The molecule has 0 aromatic heterocycles. The van der Waals surface area contributed by atoms with Crippen LogP contribution in [0, 0.1) is 0 Å². The van der Waals surface area contributed by atoms with Gasteiger partial charge in [-0.1, -0.05) is 12.1 Å². The fourth-order valence-electron chi connectivity index (χ4n) is 1.54. The highest BCUT2D eigenvalue weighted by atomic mass is 16.4. The molecular formula is C13H19N3O3. The summed E-state index contributed by atoms with van der Waals surface area (Å²) in [6.45, 7) is 4.93. The molecule has 0 spiro atoms. The van der Waals surface area contributed by atoms with Gasteiger partial charge in [0, 0.05) is 5.54 Å². The first-order valence-corrected chi connectivity index (χ1v) is 5.86. The molecule has 1 rings (SSSR count). The topological polar surface area (TPSA) is 95.7 Å². The first kappa shape index (κ1) is 14.8. The fraction of sp³-hybridized carbons (Fsp3) is 0.385. The van der Waals surface area contributed by atoms with Gasteiger partial charge in [0.15, 0.2) is 0 Å². The summed E-state index contributed by atoms with van der Waals surface area (Å²) in [5.74, 6) is -1.06. The molecule has 0 aliphatic carbocycles. The number of amides is 2. The summed E-state index contributed by atoms with van der Waals surface area (Å²) in [6.07, 6.45) is 0. The van der Waals surface area contributed by atoms with Gasteiger partial charge < -0.3 is 21.1 Å². The molecule has 0 atom stereocenters. The van der Waals surface area contributed by atoms with Crippen LogP contribution in [0.15, 0.2) is 24.3 Å². The number of carbonyl (C=O) groups excluding carboxylic acids is 1. The van der Waals surface area contributed by atoms with Gasteiger partial charge in [0.2, 0.25) is 0 Å². The lowest BCUT2D eigenvalue weighted by Crippen LogP contribution is -2.50. The second-order valence-electron chi connectivity index (χ2n) is 5.17. The van der Waals surface area contributed by atoms with Crippen LogP contribution in [-0.4, -0.2) is 34.1 Å². The number of urea groups is 1. The molecule has 0 fully saturated rings. The molecule has 6 nitrogen and oxygen atoms in total. The van der Waals surface area contributed by atoms with Gasteiger partial charge in [0.1, 0.15) is 6.54 Å². The van der Waals surface area contributed by atoms with Gasteiger partial charge in [0.25, 0.3) is 0 Å². The number of rotatable bonds is 3. The van der Waals surface area contributed by atoms with Gasteiger partial charge >= 0.3 is 12.0 Å². The van der Waals surface area contributed by atoms with E-state index in [1.54, 1.807) is 45.0 Å². The van der Waals surface area contributed by atoms with Gasteiger partial charge in [0.05, 0.1) is 11.4 Å². The van der Waals surface area contributed by atoms with Gasteiger partial charge in [-0.05, 0) is 32.9 Å². The second kappa shape index (κ2) is 5.60. The highest BCUT2D eigenvalue weighted by molar-refractivity contribution is 5.94. The number of benzene rings is 1. The quantitative estimate of drug-likeness (QED) is 0.728. The Hall–Kier alpha value is -2.24. The van der Waals surface area contributed by atoms with Gasteiger partial charge in [-0.2, -0.15) is 0 Å². The fourth-order valence-corrected chi connectivity index (χ4v) is 1.54. The number of carbonyl (C=O) groups is 2. The first-order valence-electron chi connectivity index (χ1n) is 5.86. The molecule has 0 aliphatic heterocycles. The Balaban J connectivity index is 2.89. The predicted octanol–water partition coefficient (Wildman–Crippen LogP) is 1.99. The van der Waals surface area contributed by atoms with Gasteiger partial charge in [-0.3, -0.25) is 4.79 Å². The zero-order valence-electron chi connectivity index (χ0n) is 11.3. The number of hydrogen-bond donors (Lipinski definition) is 3. The van der Waals surface area contributed by atoms with E-state index in [9.17, 15) is 9.59 Å². The Morgan fingerprint density at radius 1 is 1.32 bits per heavy atom. The zero-order valence-corrected chi connectivity index (χ0v) is 11.3.